The van der Waals surface area contributed by atoms with E-state index in [9.17, 15) is 9.59 Å². The minimum Gasteiger partial charge on any atom is -0.288 e. The number of halogens is 2. The molecule has 2 amide bonds. The molecule has 21 heavy (non-hydrogen) atoms. The first-order valence-corrected chi connectivity index (χ1v) is 6.93. The van der Waals surface area contributed by atoms with Crippen LogP contribution < -0.4 is 5.32 Å². The number of fused-ring (bicyclic) bond motifs is 1. The molecule has 5 heteroatoms. The van der Waals surface area contributed by atoms with Gasteiger partial charge in [-0.05, 0) is 35.4 Å². The Labute approximate surface area is 131 Å². The quantitative estimate of drug-likeness (QED) is 0.642. The van der Waals surface area contributed by atoms with E-state index < -0.39 is 11.8 Å². The zero-order chi connectivity index (χ0) is 15.0. The molecule has 0 unspecified atom stereocenters. The van der Waals surface area contributed by atoms with Crippen molar-refractivity contribution in [1.82, 2.24) is 5.32 Å². The summed E-state index contributed by atoms with van der Waals surface area (Å²) in [5.41, 5.74) is 2.12. The summed E-state index contributed by atoms with van der Waals surface area (Å²) in [5.74, 6) is -0.834. The third-order valence-electron chi connectivity index (χ3n) is 3.20. The van der Waals surface area contributed by atoms with Gasteiger partial charge in [0.2, 0.25) is 0 Å². The number of carbonyl (C=O) groups is 2. The Morgan fingerprint density at radius 2 is 1.62 bits per heavy atom. The van der Waals surface area contributed by atoms with Crippen LogP contribution in [0.2, 0.25) is 10.0 Å². The standard InChI is InChI=1S/C16H9Cl2NO2/c17-10-6-5-9(14(18)8-10)7-13-11-3-1-2-4-12(11)15(20)19-16(13)21/h1-8H,(H,19,20,21)/b13-7+. The van der Waals surface area contributed by atoms with Gasteiger partial charge < -0.3 is 0 Å². The summed E-state index contributed by atoms with van der Waals surface area (Å²) in [5, 5.41) is 3.28. The molecule has 1 N–H and O–H groups in total. The van der Waals surface area contributed by atoms with Gasteiger partial charge in [-0.15, -0.1) is 0 Å². The molecule has 3 nitrogen and oxygen atoms in total. The molecule has 0 radical (unpaired) electrons. The van der Waals surface area contributed by atoms with Gasteiger partial charge in [-0.3, -0.25) is 14.9 Å². The first kappa shape index (κ1) is 13.9. The smallest absolute Gasteiger partial charge is 0.258 e. The summed E-state index contributed by atoms with van der Waals surface area (Å²) in [7, 11) is 0. The van der Waals surface area contributed by atoms with Crippen molar-refractivity contribution in [3.8, 4) is 0 Å². The largest absolute Gasteiger partial charge is 0.288 e. The summed E-state index contributed by atoms with van der Waals surface area (Å²) in [6.45, 7) is 0. The van der Waals surface area contributed by atoms with Gasteiger partial charge in [0.15, 0.2) is 0 Å². The summed E-state index contributed by atoms with van der Waals surface area (Å²) in [6.07, 6.45) is 1.65. The van der Waals surface area contributed by atoms with Crippen LogP contribution in [-0.2, 0) is 4.79 Å². The average Bonchev–Trinajstić information content (AvgIpc) is 2.45. The van der Waals surface area contributed by atoms with Crippen LogP contribution in [0.1, 0.15) is 21.5 Å². The van der Waals surface area contributed by atoms with Crippen molar-refractivity contribution < 1.29 is 9.59 Å². The highest BCUT2D eigenvalue weighted by Crippen LogP contribution is 2.29. The van der Waals surface area contributed by atoms with Gasteiger partial charge in [-0.25, -0.2) is 0 Å². The lowest BCUT2D eigenvalue weighted by Crippen LogP contribution is -2.36. The second kappa shape index (κ2) is 5.35. The first-order valence-electron chi connectivity index (χ1n) is 6.18. The van der Waals surface area contributed by atoms with Gasteiger partial charge in [0.25, 0.3) is 11.8 Å². The Kier molecular flexibility index (Phi) is 3.53. The number of imide groups is 1. The van der Waals surface area contributed by atoms with Crippen LogP contribution >= 0.6 is 23.2 Å². The van der Waals surface area contributed by atoms with E-state index in [1.807, 2.05) is 0 Å². The Morgan fingerprint density at radius 1 is 0.905 bits per heavy atom. The summed E-state index contributed by atoms with van der Waals surface area (Å²) < 4.78 is 0. The third kappa shape index (κ3) is 2.58. The van der Waals surface area contributed by atoms with Crippen molar-refractivity contribution in [2.24, 2.45) is 0 Å². The van der Waals surface area contributed by atoms with E-state index in [0.717, 1.165) is 0 Å². The Morgan fingerprint density at radius 3 is 2.33 bits per heavy atom. The molecule has 0 spiro atoms. The number of nitrogens with one attached hydrogen (secondary N) is 1. The molecule has 0 saturated heterocycles. The maximum atomic E-state index is 12.1. The summed E-state index contributed by atoms with van der Waals surface area (Å²) in [4.78, 5) is 23.9. The van der Waals surface area contributed by atoms with Crippen LogP contribution in [-0.4, -0.2) is 11.8 Å². The molecule has 0 aromatic heterocycles. The number of rotatable bonds is 1. The molecule has 104 valence electrons. The Hall–Kier alpha value is -2.10. The molecule has 0 atom stereocenters. The lowest BCUT2D eigenvalue weighted by molar-refractivity contribution is -0.114. The van der Waals surface area contributed by atoms with Crippen molar-refractivity contribution >= 4 is 46.7 Å². The molecule has 1 aliphatic rings. The van der Waals surface area contributed by atoms with Crippen LogP contribution in [0, 0.1) is 0 Å². The zero-order valence-electron chi connectivity index (χ0n) is 10.7. The summed E-state index contributed by atoms with van der Waals surface area (Å²) >= 11 is 12.0. The minimum absolute atomic E-state index is 0.394. The zero-order valence-corrected chi connectivity index (χ0v) is 12.2. The molecule has 3 rings (SSSR count). The average molecular weight is 318 g/mol. The van der Waals surface area contributed by atoms with Gasteiger partial charge in [0.05, 0.1) is 0 Å². The van der Waals surface area contributed by atoms with E-state index in [1.54, 1.807) is 48.5 Å². The molecule has 0 saturated carbocycles. The van der Waals surface area contributed by atoms with Crippen LogP contribution in [0.5, 0.6) is 0 Å². The third-order valence-corrected chi connectivity index (χ3v) is 3.76. The maximum Gasteiger partial charge on any atom is 0.258 e. The first-order chi connectivity index (χ1) is 10.1. The molecular formula is C16H9Cl2NO2. The Bertz CT molecular complexity index is 797. The van der Waals surface area contributed by atoms with Gasteiger partial charge >= 0.3 is 0 Å². The highest BCUT2D eigenvalue weighted by molar-refractivity contribution is 6.37. The monoisotopic (exact) mass is 317 g/mol. The highest BCUT2D eigenvalue weighted by atomic mass is 35.5. The topological polar surface area (TPSA) is 46.2 Å². The van der Waals surface area contributed by atoms with Crippen molar-refractivity contribution in [3.05, 3.63) is 69.2 Å². The van der Waals surface area contributed by atoms with Crippen molar-refractivity contribution in [3.63, 3.8) is 0 Å². The molecule has 0 bridgehead atoms. The normalized spacial score (nSPS) is 15.8. The number of hydrogen-bond donors (Lipinski definition) is 1. The molecule has 2 aromatic carbocycles. The van der Waals surface area contributed by atoms with E-state index >= 15 is 0 Å². The fraction of sp³-hybridized carbons (Fsp3) is 0. The SMILES string of the molecule is O=C1NC(=O)c2ccccc2/C1=C\c1ccc(Cl)cc1Cl. The second-order valence-electron chi connectivity index (χ2n) is 4.55. The fourth-order valence-electron chi connectivity index (χ4n) is 2.19. The number of benzene rings is 2. The van der Waals surface area contributed by atoms with Crippen molar-refractivity contribution in [2.45, 2.75) is 0 Å². The number of carbonyl (C=O) groups excluding carboxylic acids is 2. The fourth-order valence-corrected chi connectivity index (χ4v) is 2.66. The molecule has 1 heterocycles. The van der Waals surface area contributed by atoms with Crippen LogP contribution in [0.4, 0.5) is 0 Å². The molecular weight excluding hydrogens is 309 g/mol. The van der Waals surface area contributed by atoms with Crippen molar-refractivity contribution in [1.29, 1.82) is 0 Å². The maximum absolute atomic E-state index is 12.1. The van der Waals surface area contributed by atoms with E-state index in [1.165, 1.54) is 0 Å². The molecule has 0 fully saturated rings. The second-order valence-corrected chi connectivity index (χ2v) is 5.40. The van der Waals surface area contributed by atoms with Gasteiger partial charge in [0.1, 0.15) is 0 Å². The van der Waals surface area contributed by atoms with Crippen LogP contribution in [0.25, 0.3) is 11.6 Å². The van der Waals surface area contributed by atoms with Gasteiger partial charge in [-0.2, -0.15) is 0 Å². The van der Waals surface area contributed by atoms with E-state index in [2.05, 4.69) is 5.32 Å². The van der Waals surface area contributed by atoms with Crippen LogP contribution in [0.3, 0.4) is 0 Å². The van der Waals surface area contributed by atoms with E-state index in [0.29, 0.717) is 32.3 Å². The number of hydrogen-bond acceptors (Lipinski definition) is 2. The van der Waals surface area contributed by atoms with E-state index in [-0.39, 0.29) is 0 Å². The molecule has 1 aliphatic heterocycles. The lowest BCUT2D eigenvalue weighted by Gasteiger charge is -2.18. The Balaban J connectivity index is 2.17. The van der Waals surface area contributed by atoms with Gasteiger partial charge in [-0.1, -0.05) is 47.5 Å². The lowest BCUT2D eigenvalue weighted by atomic mass is 9.93. The summed E-state index contributed by atoms with van der Waals surface area (Å²) in [6, 6.07) is 12.0. The predicted octanol–water partition coefficient (Wildman–Crippen LogP) is 3.80. The highest BCUT2D eigenvalue weighted by Gasteiger charge is 2.26. The molecule has 2 aromatic rings. The predicted molar refractivity (Wildman–Crippen MR) is 83.2 cm³/mol. The molecule has 0 aliphatic carbocycles. The minimum atomic E-state index is -0.440. The number of amides is 2. The van der Waals surface area contributed by atoms with Gasteiger partial charge in [0, 0.05) is 21.2 Å². The van der Waals surface area contributed by atoms with E-state index in [4.69, 9.17) is 23.2 Å². The van der Waals surface area contributed by atoms with Crippen molar-refractivity contribution in [2.75, 3.05) is 0 Å². The van der Waals surface area contributed by atoms with Crippen LogP contribution in [0.15, 0.2) is 42.5 Å².